The molecule has 4 N–H and O–H groups in total. The van der Waals surface area contributed by atoms with Crippen molar-refractivity contribution in [3.8, 4) is 0 Å². The van der Waals surface area contributed by atoms with Crippen molar-refractivity contribution in [1.82, 2.24) is 10.2 Å². The number of urea groups is 1. The Hall–Kier alpha value is -2.16. The summed E-state index contributed by atoms with van der Waals surface area (Å²) in [6.07, 6.45) is -0.00957. The summed E-state index contributed by atoms with van der Waals surface area (Å²) >= 11 is 0. The van der Waals surface area contributed by atoms with E-state index in [1.54, 1.807) is 24.3 Å². The minimum atomic E-state index is -0.652. The van der Waals surface area contributed by atoms with Crippen molar-refractivity contribution >= 4 is 35.9 Å². The van der Waals surface area contributed by atoms with Crippen molar-refractivity contribution in [1.29, 1.82) is 0 Å². The van der Waals surface area contributed by atoms with Crippen LogP contribution >= 0.6 is 12.4 Å². The van der Waals surface area contributed by atoms with Gasteiger partial charge in [-0.15, -0.1) is 12.4 Å². The Balaban J connectivity index is 0.00000225. The number of piperidine rings is 1. The Morgan fingerprint density at radius 2 is 1.96 bits per heavy atom. The molecule has 0 aromatic heterocycles. The number of rotatable bonds is 2. The van der Waals surface area contributed by atoms with Gasteiger partial charge in [0.25, 0.3) is 5.91 Å². The lowest BCUT2D eigenvalue weighted by Gasteiger charge is -2.35. The number of carbonyl (C=O) groups excluding carboxylic acids is 3. The maximum absolute atomic E-state index is 12.9. The third-order valence-corrected chi connectivity index (χ3v) is 4.23. The van der Waals surface area contributed by atoms with Crippen LogP contribution in [0.1, 0.15) is 23.2 Å². The SMILES string of the molecule is Cl.N[C@H]1C[C@@H](O)CN(C(=O)c2ccccc2N2CCC(=O)NC2=O)C1. The number of nitrogens with one attached hydrogen (secondary N) is 1. The van der Waals surface area contributed by atoms with Gasteiger partial charge in [-0.2, -0.15) is 0 Å². The van der Waals surface area contributed by atoms with E-state index < -0.39 is 12.1 Å². The third kappa shape index (κ3) is 4.09. The van der Waals surface area contributed by atoms with E-state index in [-0.39, 0.29) is 49.8 Å². The highest BCUT2D eigenvalue weighted by Crippen LogP contribution is 2.25. The smallest absolute Gasteiger partial charge is 0.328 e. The van der Waals surface area contributed by atoms with Crippen LogP contribution in [0.15, 0.2) is 24.3 Å². The standard InChI is InChI=1S/C16H20N4O4.ClH/c17-10-7-11(21)9-19(8-10)15(23)12-3-1-2-4-13(12)20-6-5-14(22)18-16(20)24;/h1-4,10-11,21H,5-9,17H2,(H,18,22,24);1H/t10-,11+;/m0./s1. The van der Waals surface area contributed by atoms with Gasteiger partial charge in [-0.1, -0.05) is 12.1 Å². The number of aliphatic hydroxyl groups excluding tert-OH is 1. The number of halogens is 1. The van der Waals surface area contributed by atoms with Crippen LogP contribution in [0.2, 0.25) is 0 Å². The lowest BCUT2D eigenvalue weighted by molar-refractivity contribution is -0.120. The van der Waals surface area contributed by atoms with Crippen LogP contribution in [0.4, 0.5) is 10.5 Å². The summed E-state index contributed by atoms with van der Waals surface area (Å²) < 4.78 is 0. The number of β-amino-alcohol motifs (C(OH)–C–C–N with tert-alkyl or cyclic N) is 1. The first kappa shape index (κ1) is 19.2. The lowest BCUT2D eigenvalue weighted by atomic mass is 10.0. The number of benzene rings is 1. The van der Waals surface area contributed by atoms with E-state index >= 15 is 0 Å². The summed E-state index contributed by atoms with van der Waals surface area (Å²) in [5, 5.41) is 12.1. The number of nitrogens with zero attached hydrogens (tertiary/aromatic N) is 2. The van der Waals surface area contributed by atoms with Crippen molar-refractivity contribution in [2.75, 3.05) is 24.5 Å². The maximum atomic E-state index is 12.9. The Morgan fingerprint density at radius 3 is 2.64 bits per heavy atom. The normalized spacial score (nSPS) is 23.8. The predicted octanol–water partition coefficient (Wildman–Crippen LogP) is 0.0888. The fraction of sp³-hybridized carbons (Fsp3) is 0.438. The highest BCUT2D eigenvalue weighted by atomic mass is 35.5. The quantitative estimate of drug-likeness (QED) is 0.684. The molecule has 2 fully saturated rings. The zero-order chi connectivity index (χ0) is 17.3. The molecule has 0 radical (unpaired) electrons. The Morgan fingerprint density at radius 1 is 1.24 bits per heavy atom. The van der Waals surface area contributed by atoms with Gasteiger partial charge in [-0.25, -0.2) is 4.79 Å². The van der Waals surface area contributed by atoms with Crippen molar-refractivity contribution in [2.45, 2.75) is 25.0 Å². The van der Waals surface area contributed by atoms with Gasteiger partial charge < -0.3 is 15.7 Å². The van der Waals surface area contributed by atoms with Crippen LogP contribution in [-0.2, 0) is 4.79 Å². The van der Waals surface area contributed by atoms with E-state index in [0.717, 1.165) is 0 Å². The molecule has 0 spiro atoms. The first-order valence-electron chi connectivity index (χ1n) is 7.89. The Bertz CT molecular complexity index is 674. The van der Waals surface area contributed by atoms with Gasteiger partial charge in [0, 0.05) is 32.1 Å². The summed E-state index contributed by atoms with van der Waals surface area (Å²) in [7, 11) is 0. The second-order valence-electron chi connectivity index (χ2n) is 6.13. The molecule has 0 saturated carbocycles. The van der Waals surface area contributed by atoms with Gasteiger partial charge in [0.15, 0.2) is 0 Å². The predicted molar refractivity (Wildman–Crippen MR) is 93.7 cm³/mol. The van der Waals surface area contributed by atoms with Gasteiger partial charge in [0.1, 0.15) is 0 Å². The second kappa shape index (κ2) is 7.81. The molecule has 2 aliphatic rings. The fourth-order valence-corrected chi connectivity index (χ4v) is 3.13. The van der Waals surface area contributed by atoms with Crippen molar-refractivity contribution in [3.05, 3.63) is 29.8 Å². The highest BCUT2D eigenvalue weighted by Gasteiger charge is 2.31. The van der Waals surface area contributed by atoms with Crippen molar-refractivity contribution in [2.24, 2.45) is 5.73 Å². The number of imide groups is 1. The van der Waals surface area contributed by atoms with Crippen molar-refractivity contribution < 1.29 is 19.5 Å². The summed E-state index contributed by atoms with van der Waals surface area (Å²) in [5.41, 5.74) is 6.68. The van der Waals surface area contributed by atoms with E-state index in [2.05, 4.69) is 5.32 Å². The number of hydrogen-bond donors (Lipinski definition) is 3. The second-order valence-corrected chi connectivity index (χ2v) is 6.13. The molecule has 3 rings (SSSR count). The Labute approximate surface area is 151 Å². The molecule has 2 atom stereocenters. The summed E-state index contributed by atoms with van der Waals surface area (Å²) in [6, 6.07) is 5.93. The minimum absolute atomic E-state index is 0. The van der Waals surface area contributed by atoms with E-state index in [9.17, 15) is 19.5 Å². The molecule has 0 unspecified atom stereocenters. The molecule has 1 aromatic rings. The molecule has 4 amide bonds. The number of aliphatic hydroxyl groups is 1. The third-order valence-electron chi connectivity index (χ3n) is 4.23. The first-order chi connectivity index (χ1) is 11.5. The number of amides is 4. The van der Waals surface area contributed by atoms with Crippen LogP contribution < -0.4 is 16.0 Å². The van der Waals surface area contributed by atoms with Crippen LogP contribution in [0.3, 0.4) is 0 Å². The van der Waals surface area contributed by atoms with Crippen LogP contribution in [0.5, 0.6) is 0 Å². The Kier molecular flexibility index (Phi) is 5.99. The molecule has 136 valence electrons. The van der Waals surface area contributed by atoms with Crippen LogP contribution in [0, 0.1) is 0 Å². The van der Waals surface area contributed by atoms with E-state index in [0.29, 0.717) is 24.2 Å². The van der Waals surface area contributed by atoms with Crippen LogP contribution in [0.25, 0.3) is 0 Å². The molecule has 0 aliphatic carbocycles. The van der Waals surface area contributed by atoms with Gasteiger partial charge in [0.05, 0.1) is 17.4 Å². The molecule has 25 heavy (non-hydrogen) atoms. The average molecular weight is 369 g/mol. The number of nitrogens with two attached hydrogens (primary N) is 1. The molecular weight excluding hydrogens is 348 g/mol. The maximum Gasteiger partial charge on any atom is 0.328 e. The molecule has 2 saturated heterocycles. The first-order valence-corrected chi connectivity index (χ1v) is 7.89. The molecular formula is C16H21ClN4O4. The van der Waals surface area contributed by atoms with E-state index in [4.69, 9.17) is 5.73 Å². The molecule has 2 aliphatic heterocycles. The fourth-order valence-electron chi connectivity index (χ4n) is 3.13. The number of anilines is 1. The number of carbonyl (C=O) groups is 3. The van der Waals surface area contributed by atoms with Crippen LogP contribution in [-0.4, -0.2) is 59.6 Å². The number of hydrogen-bond acceptors (Lipinski definition) is 5. The zero-order valence-corrected chi connectivity index (χ0v) is 14.4. The summed E-state index contributed by atoms with van der Waals surface area (Å²) in [4.78, 5) is 39.1. The molecule has 0 bridgehead atoms. The highest BCUT2D eigenvalue weighted by molar-refractivity contribution is 6.09. The zero-order valence-electron chi connectivity index (χ0n) is 13.6. The van der Waals surface area contributed by atoms with E-state index in [1.807, 2.05) is 0 Å². The summed E-state index contributed by atoms with van der Waals surface area (Å²) in [5.74, 6) is -0.616. The summed E-state index contributed by atoms with van der Waals surface area (Å²) in [6.45, 7) is 0.789. The molecule has 9 heteroatoms. The van der Waals surface area contributed by atoms with Gasteiger partial charge in [-0.05, 0) is 18.6 Å². The van der Waals surface area contributed by atoms with Gasteiger partial charge in [0.2, 0.25) is 5.91 Å². The van der Waals surface area contributed by atoms with Crippen molar-refractivity contribution in [3.63, 3.8) is 0 Å². The largest absolute Gasteiger partial charge is 0.391 e. The molecule has 2 heterocycles. The minimum Gasteiger partial charge on any atom is -0.391 e. The number of para-hydroxylation sites is 1. The molecule has 8 nitrogen and oxygen atoms in total. The number of likely N-dealkylation sites (tertiary alicyclic amines) is 1. The van der Waals surface area contributed by atoms with E-state index in [1.165, 1.54) is 9.80 Å². The van der Waals surface area contributed by atoms with Gasteiger partial charge >= 0.3 is 6.03 Å². The molecule has 1 aromatic carbocycles. The topological polar surface area (TPSA) is 116 Å². The average Bonchev–Trinajstić information content (AvgIpc) is 2.53. The van der Waals surface area contributed by atoms with Gasteiger partial charge in [-0.3, -0.25) is 19.8 Å². The lowest BCUT2D eigenvalue weighted by Crippen LogP contribution is -2.52. The monoisotopic (exact) mass is 368 g/mol.